The number of benzene rings is 1. The lowest BCUT2D eigenvalue weighted by Gasteiger charge is -2.33. The van der Waals surface area contributed by atoms with Crippen LogP contribution in [0.25, 0.3) is 0 Å². The van der Waals surface area contributed by atoms with Gasteiger partial charge in [-0.3, -0.25) is 4.90 Å². The SMILES string of the molecule is CC(C)=CCN1CCC(N[C@H](C)c2ccccc2F)CC1. The fraction of sp³-hybridized carbons (Fsp3) is 0.556. The van der Waals surface area contributed by atoms with Crippen molar-refractivity contribution in [1.82, 2.24) is 10.2 Å². The summed E-state index contributed by atoms with van der Waals surface area (Å²) in [6, 6.07) is 7.61. The van der Waals surface area contributed by atoms with Gasteiger partial charge in [-0.1, -0.05) is 29.8 Å². The van der Waals surface area contributed by atoms with Crippen LogP contribution in [0.1, 0.15) is 45.2 Å². The second-order valence-corrected chi connectivity index (χ2v) is 6.27. The van der Waals surface area contributed by atoms with Gasteiger partial charge in [0.25, 0.3) is 0 Å². The topological polar surface area (TPSA) is 15.3 Å². The van der Waals surface area contributed by atoms with Crippen LogP contribution in [0.4, 0.5) is 4.39 Å². The zero-order valence-corrected chi connectivity index (χ0v) is 13.4. The van der Waals surface area contributed by atoms with E-state index in [1.165, 1.54) is 11.6 Å². The minimum atomic E-state index is -0.113. The normalized spacial score (nSPS) is 18.5. The van der Waals surface area contributed by atoms with Crippen molar-refractivity contribution in [3.63, 3.8) is 0 Å². The highest BCUT2D eigenvalue weighted by Gasteiger charge is 2.21. The zero-order valence-electron chi connectivity index (χ0n) is 13.4. The van der Waals surface area contributed by atoms with E-state index in [4.69, 9.17) is 0 Å². The molecule has 1 aromatic carbocycles. The van der Waals surface area contributed by atoms with Crippen molar-refractivity contribution in [2.75, 3.05) is 19.6 Å². The molecule has 1 aromatic rings. The molecule has 0 aliphatic carbocycles. The molecule has 3 heteroatoms. The van der Waals surface area contributed by atoms with Crippen molar-refractivity contribution in [1.29, 1.82) is 0 Å². The van der Waals surface area contributed by atoms with Crippen molar-refractivity contribution in [3.05, 3.63) is 47.3 Å². The highest BCUT2D eigenvalue weighted by Crippen LogP contribution is 2.19. The number of piperidine rings is 1. The molecule has 1 N–H and O–H groups in total. The van der Waals surface area contributed by atoms with Gasteiger partial charge < -0.3 is 5.32 Å². The van der Waals surface area contributed by atoms with Gasteiger partial charge in [-0.2, -0.15) is 0 Å². The first-order valence-corrected chi connectivity index (χ1v) is 7.92. The lowest BCUT2D eigenvalue weighted by molar-refractivity contribution is 0.208. The van der Waals surface area contributed by atoms with Gasteiger partial charge in [-0.05, 0) is 52.8 Å². The van der Waals surface area contributed by atoms with Gasteiger partial charge in [-0.25, -0.2) is 4.39 Å². The third-order valence-electron chi connectivity index (χ3n) is 4.20. The molecule has 21 heavy (non-hydrogen) atoms. The summed E-state index contributed by atoms with van der Waals surface area (Å²) in [5.74, 6) is -0.113. The molecule has 0 bridgehead atoms. The Hall–Kier alpha value is -1.19. The first-order valence-electron chi connectivity index (χ1n) is 7.92. The van der Waals surface area contributed by atoms with Crippen LogP contribution in [0.3, 0.4) is 0 Å². The quantitative estimate of drug-likeness (QED) is 0.827. The molecule has 1 aliphatic rings. The van der Waals surface area contributed by atoms with E-state index in [9.17, 15) is 4.39 Å². The molecule has 0 amide bonds. The van der Waals surface area contributed by atoms with E-state index in [1.54, 1.807) is 6.07 Å². The summed E-state index contributed by atoms with van der Waals surface area (Å²) in [6.07, 6.45) is 4.56. The largest absolute Gasteiger partial charge is 0.307 e. The molecule has 116 valence electrons. The Morgan fingerprint density at radius 1 is 1.33 bits per heavy atom. The van der Waals surface area contributed by atoms with Gasteiger partial charge in [-0.15, -0.1) is 0 Å². The highest BCUT2D eigenvalue weighted by atomic mass is 19.1. The molecular formula is C18H27FN2. The van der Waals surface area contributed by atoms with Crippen LogP contribution in [-0.4, -0.2) is 30.6 Å². The summed E-state index contributed by atoms with van der Waals surface area (Å²) >= 11 is 0. The van der Waals surface area contributed by atoms with Crippen LogP contribution in [0.2, 0.25) is 0 Å². The summed E-state index contributed by atoms with van der Waals surface area (Å²) in [4.78, 5) is 2.49. The first kappa shape index (κ1) is 16.2. The van der Waals surface area contributed by atoms with Crippen LogP contribution in [-0.2, 0) is 0 Å². The van der Waals surface area contributed by atoms with Crippen molar-refractivity contribution >= 4 is 0 Å². The number of hydrogen-bond donors (Lipinski definition) is 1. The molecule has 1 fully saturated rings. The van der Waals surface area contributed by atoms with Crippen molar-refractivity contribution in [3.8, 4) is 0 Å². The molecule has 1 heterocycles. The van der Waals surface area contributed by atoms with Crippen LogP contribution < -0.4 is 5.32 Å². The zero-order chi connectivity index (χ0) is 15.2. The molecule has 2 rings (SSSR count). The summed E-state index contributed by atoms with van der Waals surface area (Å²) in [5.41, 5.74) is 2.15. The Kier molecular flexibility index (Phi) is 5.95. The predicted octanol–water partition coefficient (Wildman–Crippen LogP) is 3.91. The summed E-state index contributed by atoms with van der Waals surface area (Å²) < 4.78 is 13.8. The average Bonchev–Trinajstić information content (AvgIpc) is 2.47. The van der Waals surface area contributed by atoms with E-state index in [1.807, 2.05) is 19.1 Å². The van der Waals surface area contributed by atoms with E-state index in [2.05, 4.69) is 30.1 Å². The number of allylic oxidation sites excluding steroid dienone is 1. The van der Waals surface area contributed by atoms with Gasteiger partial charge in [0.15, 0.2) is 0 Å². The molecule has 1 aliphatic heterocycles. The molecule has 1 saturated heterocycles. The maximum absolute atomic E-state index is 13.8. The van der Waals surface area contributed by atoms with Crippen LogP contribution >= 0.6 is 0 Å². The fourth-order valence-corrected chi connectivity index (χ4v) is 2.86. The summed E-state index contributed by atoms with van der Waals surface area (Å²) in [7, 11) is 0. The molecule has 0 radical (unpaired) electrons. The van der Waals surface area contributed by atoms with Gasteiger partial charge in [0, 0.05) is 24.2 Å². The maximum atomic E-state index is 13.8. The van der Waals surface area contributed by atoms with Gasteiger partial charge in [0.1, 0.15) is 5.82 Å². The molecule has 0 unspecified atom stereocenters. The van der Waals surface area contributed by atoms with E-state index in [-0.39, 0.29) is 11.9 Å². The Bertz CT molecular complexity index is 472. The predicted molar refractivity (Wildman–Crippen MR) is 86.8 cm³/mol. The number of likely N-dealkylation sites (tertiary alicyclic amines) is 1. The number of nitrogens with one attached hydrogen (secondary N) is 1. The van der Waals surface area contributed by atoms with E-state index in [0.717, 1.165) is 38.0 Å². The van der Waals surface area contributed by atoms with E-state index < -0.39 is 0 Å². The third-order valence-corrected chi connectivity index (χ3v) is 4.20. The maximum Gasteiger partial charge on any atom is 0.127 e. The lowest BCUT2D eigenvalue weighted by Crippen LogP contribution is -2.43. The van der Waals surface area contributed by atoms with Crippen molar-refractivity contribution < 1.29 is 4.39 Å². The molecule has 0 saturated carbocycles. The van der Waals surface area contributed by atoms with Gasteiger partial charge >= 0.3 is 0 Å². The van der Waals surface area contributed by atoms with E-state index >= 15 is 0 Å². The average molecular weight is 290 g/mol. The van der Waals surface area contributed by atoms with Crippen molar-refractivity contribution in [2.45, 2.75) is 45.7 Å². The lowest BCUT2D eigenvalue weighted by atomic mass is 10.0. The molecule has 0 aromatic heterocycles. The molecule has 2 nitrogen and oxygen atoms in total. The molecule has 1 atom stereocenters. The summed E-state index contributed by atoms with van der Waals surface area (Å²) in [5, 5.41) is 3.58. The smallest absolute Gasteiger partial charge is 0.127 e. The Balaban J connectivity index is 1.81. The third kappa shape index (κ3) is 4.94. The Morgan fingerprint density at radius 2 is 2.00 bits per heavy atom. The van der Waals surface area contributed by atoms with Crippen LogP contribution in [0.5, 0.6) is 0 Å². The summed E-state index contributed by atoms with van der Waals surface area (Å²) in [6.45, 7) is 9.62. The van der Waals surface area contributed by atoms with Crippen LogP contribution in [0.15, 0.2) is 35.9 Å². The van der Waals surface area contributed by atoms with Gasteiger partial charge in [0.05, 0.1) is 0 Å². The number of hydrogen-bond acceptors (Lipinski definition) is 2. The minimum Gasteiger partial charge on any atom is -0.307 e. The first-order chi connectivity index (χ1) is 10.1. The van der Waals surface area contributed by atoms with Gasteiger partial charge in [0.2, 0.25) is 0 Å². The highest BCUT2D eigenvalue weighted by molar-refractivity contribution is 5.20. The van der Waals surface area contributed by atoms with Crippen LogP contribution in [0, 0.1) is 5.82 Å². The second-order valence-electron chi connectivity index (χ2n) is 6.27. The minimum absolute atomic E-state index is 0.0699. The number of halogens is 1. The Morgan fingerprint density at radius 3 is 2.62 bits per heavy atom. The fourth-order valence-electron chi connectivity index (χ4n) is 2.86. The monoisotopic (exact) mass is 290 g/mol. The second kappa shape index (κ2) is 7.71. The number of nitrogens with zero attached hydrogens (tertiary/aromatic N) is 1. The number of rotatable bonds is 5. The Labute approximate surface area is 128 Å². The van der Waals surface area contributed by atoms with E-state index in [0.29, 0.717) is 6.04 Å². The molecular weight excluding hydrogens is 263 g/mol. The molecule has 0 spiro atoms. The van der Waals surface area contributed by atoms with Crippen molar-refractivity contribution in [2.24, 2.45) is 0 Å². The standard InChI is InChI=1S/C18H27FN2/c1-14(2)8-11-21-12-9-16(10-13-21)20-15(3)17-6-4-5-7-18(17)19/h4-8,15-16,20H,9-13H2,1-3H3/t15-/m1/s1.